The van der Waals surface area contributed by atoms with Crippen LogP contribution in [0.15, 0.2) is 83.1 Å². The second-order valence-electron chi connectivity index (χ2n) is 5.71. The Labute approximate surface area is 150 Å². The molecule has 6 nitrogen and oxygen atoms in total. The second-order valence-corrected chi connectivity index (χ2v) is 5.71. The van der Waals surface area contributed by atoms with Crippen molar-refractivity contribution in [3.63, 3.8) is 0 Å². The number of nitrogens with two attached hydrogens (primary N) is 2. The van der Waals surface area contributed by atoms with E-state index in [9.17, 15) is 0 Å². The molecule has 6 N–H and O–H groups in total. The van der Waals surface area contributed by atoms with E-state index in [1.807, 2.05) is 66.7 Å². The predicted molar refractivity (Wildman–Crippen MR) is 102 cm³/mol. The number of oxime groups is 2. The molecule has 0 spiro atoms. The Balaban J connectivity index is 1.91. The van der Waals surface area contributed by atoms with Crippen LogP contribution >= 0.6 is 0 Å². The fraction of sp³-hybridized carbons (Fsp3) is 0. The van der Waals surface area contributed by atoms with Gasteiger partial charge in [-0.2, -0.15) is 0 Å². The summed E-state index contributed by atoms with van der Waals surface area (Å²) in [5, 5.41) is 23.5. The van der Waals surface area contributed by atoms with E-state index in [1.165, 1.54) is 0 Å². The number of rotatable bonds is 4. The van der Waals surface area contributed by atoms with Crippen LogP contribution in [0.3, 0.4) is 0 Å². The van der Waals surface area contributed by atoms with Gasteiger partial charge in [0.1, 0.15) is 0 Å². The van der Waals surface area contributed by atoms with Gasteiger partial charge in [0.15, 0.2) is 11.7 Å². The fourth-order valence-corrected chi connectivity index (χ4v) is 2.66. The zero-order valence-corrected chi connectivity index (χ0v) is 13.9. The Morgan fingerprint density at radius 2 is 0.962 bits per heavy atom. The van der Waals surface area contributed by atoms with E-state index in [0.717, 1.165) is 22.3 Å². The number of hydrogen-bond acceptors (Lipinski definition) is 4. The molecule has 0 heterocycles. The van der Waals surface area contributed by atoms with Crippen LogP contribution in [0.2, 0.25) is 0 Å². The molecule has 3 aromatic carbocycles. The summed E-state index contributed by atoms with van der Waals surface area (Å²) in [7, 11) is 0. The van der Waals surface area contributed by atoms with Crippen molar-refractivity contribution in [2.45, 2.75) is 0 Å². The number of benzene rings is 3. The summed E-state index contributed by atoms with van der Waals surface area (Å²) < 4.78 is 0. The van der Waals surface area contributed by atoms with Crippen molar-refractivity contribution in [1.82, 2.24) is 0 Å². The van der Waals surface area contributed by atoms with Crippen molar-refractivity contribution in [2.24, 2.45) is 21.8 Å². The van der Waals surface area contributed by atoms with Gasteiger partial charge in [0.05, 0.1) is 0 Å². The van der Waals surface area contributed by atoms with Gasteiger partial charge in [-0.25, -0.2) is 0 Å². The second kappa shape index (κ2) is 7.40. The fourth-order valence-electron chi connectivity index (χ4n) is 2.66. The van der Waals surface area contributed by atoms with Crippen molar-refractivity contribution >= 4 is 11.7 Å². The van der Waals surface area contributed by atoms with Crippen molar-refractivity contribution in [1.29, 1.82) is 0 Å². The summed E-state index contributed by atoms with van der Waals surface area (Å²) in [6.45, 7) is 0. The third kappa shape index (κ3) is 3.49. The maximum atomic E-state index is 8.74. The zero-order chi connectivity index (χ0) is 18.5. The highest BCUT2D eigenvalue weighted by molar-refractivity contribution is 5.98. The monoisotopic (exact) mass is 346 g/mol. The Bertz CT molecular complexity index is 885. The molecule has 26 heavy (non-hydrogen) atoms. The minimum atomic E-state index is 0.0797. The van der Waals surface area contributed by atoms with E-state index >= 15 is 0 Å². The Morgan fingerprint density at radius 1 is 0.577 bits per heavy atom. The third-order valence-corrected chi connectivity index (χ3v) is 4.11. The smallest absolute Gasteiger partial charge is 0.170 e. The minimum absolute atomic E-state index is 0.0797. The van der Waals surface area contributed by atoms with Crippen LogP contribution in [0.1, 0.15) is 11.1 Å². The summed E-state index contributed by atoms with van der Waals surface area (Å²) in [4.78, 5) is 0. The normalized spacial score (nSPS) is 12.2. The standard InChI is InChI=1S/C20H18N4O2/c21-19(23-25)15-8-4-13(5-9-15)17-2-1-3-18(12-17)14-6-10-16(11-7-14)20(22)24-26/h1-12,25-26H,(H2,21,23)(H2,22,24). The van der Waals surface area contributed by atoms with Crippen LogP contribution in [0.5, 0.6) is 0 Å². The first-order valence-electron chi connectivity index (χ1n) is 7.89. The molecule has 130 valence electrons. The van der Waals surface area contributed by atoms with Crippen molar-refractivity contribution in [3.8, 4) is 22.3 Å². The third-order valence-electron chi connectivity index (χ3n) is 4.11. The molecule has 0 aliphatic heterocycles. The SMILES string of the molecule is N/C(=N/O)c1ccc(-c2cccc(-c3ccc(/C(N)=N\O)cc3)c2)cc1. The van der Waals surface area contributed by atoms with Gasteiger partial charge >= 0.3 is 0 Å². The van der Waals surface area contributed by atoms with Gasteiger partial charge in [-0.1, -0.05) is 77.0 Å². The molecule has 0 aromatic heterocycles. The van der Waals surface area contributed by atoms with Gasteiger partial charge in [0, 0.05) is 11.1 Å². The van der Waals surface area contributed by atoms with E-state index in [1.54, 1.807) is 0 Å². The van der Waals surface area contributed by atoms with Crippen molar-refractivity contribution in [2.75, 3.05) is 0 Å². The Hall–Kier alpha value is -3.80. The Morgan fingerprint density at radius 3 is 1.31 bits per heavy atom. The van der Waals surface area contributed by atoms with Crippen molar-refractivity contribution in [3.05, 3.63) is 83.9 Å². The molecule has 0 aliphatic rings. The number of nitrogens with zero attached hydrogens (tertiary/aromatic N) is 2. The lowest BCUT2D eigenvalue weighted by molar-refractivity contribution is 0.318. The molecule has 0 bridgehead atoms. The molecule has 0 saturated carbocycles. The van der Waals surface area contributed by atoms with Gasteiger partial charge in [-0.15, -0.1) is 0 Å². The van der Waals surface area contributed by atoms with Crippen LogP contribution in [0, 0.1) is 0 Å². The molecule has 0 atom stereocenters. The molecule has 0 radical (unpaired) electrons. The summed E-state index contributed by atoms with van der Waals surface area (Å²) in [6.07, 6.45) is 0. The zero-order valence-electron chi connectivity index (χ0n) is 13.9. The first kappa shape index (κ1) is 17.0. The molecule has 0 saturated heterocycles. The summed E-state index contributed by atoms with van der Waals surface area (Å²) in [6, 6.07) is 23.0. The molecule has 0 fully saturated rings. The quantitative estimate of drug-likeness (QED) is 0.251. The summed E-state index contributed by atoms with van der Waals surface area (Å²) >= 11 is 0. The molecule has 0 unspecified atom stereocenters. The van der Waals surface area contributed by atoms with Gasteiger partial charge in [-0.3, -0.25) is 0 Å². The maximum Gasteiger partial charge on any atom is 0.170 e. The Kier molecular flexibility index (Phi) is 4.85. The highest BCUT2D eigenvalue weighted by Gasteiger charge is 2.05. The van der Waals surface area contributed by atoms with E-state index < -0.39 is 0 Å². The molecular formula is C20H18N4O2. The van der Waals surface area contributed by atoms with Gasteiger partial charge in [0.25, 0.3) is 0 Å². The maximum absolute atomic E-state index is 8.74. The van der Waals surface area contributed by atoms with Gasteiger partial charge in [0.2, 0.25) is 0 Å². The summed E-state index contributed by atoms with van der Waals surface area (Å²) in [5.74, 6) is 0.159. The molecule has 3 aromatic rings. The molecular weight excluding hydrogens is 328 g/mol. The van der Waals surface area contributed by atoms with Crippen molar-refractivity contribution < 1.29 is 10.4 Å². The number of amidine groups is 2. The molecule has 6 heteroatoms. The van der Waals surface area contributed by atoms with Crippen LogP contribution in [0.25, 0.3) is 22.3 Å². The van der Waals surface area contributed by atoms with Crippen LogP contribution in [0.4, 0.5) is 0 Å². The molecule has 0 amide bonds. The minimum Gasteiger partial charge on any atom is -0.409 e. The highest BCUT2D eigenvalue weighted by Crippen LogP contribution is 2.27. The average Bonchev–Trinajstić information content (AvgIpc) is 2.73. The van der Waals surface area contributed by atoms with Gasteiger partial charge in [-0.05, 0) is 28.3 Å². The van der Waals surface area contributed by atoms with Crippen LogP contribution in [-0.2, 0) is 0 Å². The highest BCUT2D eigenvalue weighted by atomic mass is 16.4. The van der Waals surface area contributed by atoms with Gasteiger partial charge < -0.3 is 21.9 Å². The molecule has 0 aliphatic carbocycles. The lowest BCUT2D eigenvalue weighted by atomic mass is 9.97. The summed E-state index contributed by atoms with van der Waals surface area (Å²) in [5.41, 5.74) is 16.6. The van der Waals surface area contributed by atoms with Crippen LogP contribution < -0.4 is 11.5 Å². The lowest BCUT2D eigenvalue weighted by Gasteiger charge is -2.08. The average molecular weight is 346 g/mol. The van der Waals surface area contributed by atoms with E-state index in [-0.39, 0.29) is 11.7 Å². The molecule has 3 rings (SSSR count). The topological polar surface area (TPSA) is 117 Å². The van der Waals surface area contributed by atoms with E-state index in [4.69, 9.17) is 21.9 Å². The first-order valence-corrected chi connectivity index (χ1v) is 7.89. The largest absolute Gasteiger partial charge is 0.409 e. The van der Waals surface area contributed by atoms with E-state index in [2.05, 4.69) is 16.4 Å². The predicted octanol–water partition coefficient (Wildman–Crippen LogP) is 3.21. The van der Waals surface area contributed by atoms with Crippen LogP contribution in [-0.4, -0.2) is 22.1 Å². The first-order chi connectivity index (χ1) is 12.6. The van der Waals surface area contributed by atoms with E-state index in [0.29, 0.717) is 11.1 Å². The lowest BCUT2D eigenvalue weighted by Crippen LogP contribution is -2.12. The number of hydrogen-bond donors (Lipinski definition) is 4.